The molecule has 4 aromatic rings. The molecule has 35 heavy (non-hydrogen) atoms. The van der Waals surface area contributed by atoms with Crippen LogP contribution < -0.4 is 14.2 Å². The Kier molecular flexibility index (Phi) is 7.26. The highest BCUT2D eigenvalue weighted by Crippen LogP contribution is 2.34. The maximum Gasteiger partial charge on any atom is 0.342 e. The first-order valence-corrected chi connectivity index (χ1v) is 11.7. The zero-order valence-corrected chi connectivity index (χ0v) is 20.6. The second-order valence-electron chi connectivity index (χ2n) is 7.85. The molecule has 180 valence electrons. The van der Waals surface area contributed by atoms with Crippen LogP contribution in [0.5, 0.6) is 17.2 Å². The van der Waals surface area contributed by atoms with Crippen molar-refractivity contribution in [1.82, 2.24) is 15.2 Å². The number of aromatic nitrogens is 3. The van der Waals surface area contributed by atoms with Crippen LogP contribution in [-0.2, 0) is 4.79 Å². The minimum absolute atomic E-state index is 0.0226. The van der Waals surface area contributed by atoms with Gasteiger partial charge in [0, 0.05) is 17.0 Å². The number of H-pyrrole nitrogens is 1. The number of hydrogen-bond donors (Lipinski definition) is 2. The van der Waals surface area contributed by atoms with Gasteiger partial charge >= 0.3 is 5.97 Å². The highest BCUT2D eigenvalue weighted by Gasteiger charge is 2.16. The topological polar surface area (TPSA) is 107 Å². The van der Waals surface area contributed by atoms with Gasteiger partial charge in [-0.05, 0) is 60.8 Å². The number of carboxylic acid groups (broad SMARTS) is 1. The van der Waals surface area contributed by atoms with Gasteiger partial charge in [0.25, 0.3) is 0 Å². The number of nitrogens with zero attached hydrogens (tertiary/aromatic N) is 2. The van der Waals surface area contributed by atoms with E-state index >= 15 is 0 Å². The van der Waals surface area contributed by atoms with Crippen molar-refractivity contribution in [3.05, 3.63) is 65.1 Å². The van der Waals surface area contributed by atoms with Crippen LogP contribution in [0.25, 0.3) is 28.2 Å². The van der Waals surface area contributed by atoms with E-state index < -0.39 is 5.97 Å². The Morgan fingerprint density at radius 1 is 1.03 bits per heavy atom. The second-order valence-corrected chi connectivity index (χ2v) is 8.86. The third kappa shape index (κ3) is 5.58. The van der Waals surface area contributed by atoms with Crippen LogP contribution in [0.15, 0.2) is 64.7 Å². The molecule has 0 saturated carbocycles. The molecule has 9 heteroatoms. The number of thioether (sulfide) groups is 1. The predicted octanol–water partition coefficient (Wildman–Crippen LogP) is 5.65. The average molecular weight is 492 g/mol. The smallest absolute Gasteiger partial charge is 0.342 e. The van der Waals surface area contributed by atoms with Gasteiger partial charge in [-0.1, -0.05) is 30.3 Å². The molecule has 0 unspecified atom stereocenters. The molecule has 0 aliphatic rings. The zero-order valence-electron chi connectivity index (χ0n) is 19.7. The number of nitrogens with one attached hydrogen (secondary N) is 1. The Labute approximate surface area is 206 Å². The van der Waals surface area contributed by atoms with Crippen LogP contribution in [0.3, 0.4) is 0 Å². The number of rotatable bonds is 9. The van der Waals surface area contributed by atoms with E-state index in [9.17, 15) is 9.90 Å². The number of aromatic amines is 1. The predicted molar refractivity (Wildman–Crippen MR) is 136 cm³/mol. The number of carboxylic acids is 1. The summed E-state index contributed by atoms with van der Waals surface area (Å²) < 4.78 is 16.5. The molecule has 0 saturated heterocycles. The van der Waals surface area contributed by atoms with Crippen molar-refractivity contribution in [2.75, 3.05) is 14.2 Å². The molecule has 0 radical (unpaired) electrons. The summed E-state index contributed by atoms with van der Waals surface area (Å²) in [5.74, 6) is 1.36. The molecule has 0 amide bonds. The molecule has 1 heterocycles. The minimum Gasteiger partial charge on any atom is -0.497 e. The fourth-order valence-corrected chi connectivity index (χ4v) is 4.22. The monoisotopic (exact) mass is 491 g/mol. The Hall–Kier alpha value is -3.98. The fraction of sp³-hybridized carbons (Fsp3) is 0.192. The first-order chi connectivity index (χ1) is 16.9. The molecule has 0 fully saturated rings. The number of hydrogen-bond acceptors (Lipinski definition) is 7. The summed E-state index contributed by atoms with van der Waals surface area (Å²) >= 11 is 0.965. The van der Waals surface area contributed by atoms with Gasteiger partial charge < -0.3 is 19.3 Å². The molecule has 0 aliphatic heterocycles. The zero-order chi connectivity index (χ0) is 24.9. The summed E-state index contributed by atoms with van der Waals surface area (Å²) in [5.41, 5.74) is 1.46. The fourth-order valence-electron chi connectivity index (χ4n) is 3.52. The number of ether oxygens (including phenoxy) is 3. The number of aliphatic carboxylic acids is 1. The van der Waals surface area contributed by atoms with Crippen molar-refractivity contribution < 1.29 is 24.1 Å². The lowest BCUT2D eigenvalue weighted by Gasteiger charge is -2.14. The van der Waals surface area contributed by atoms with Gasteiger partial charge in [-0.15, -0.1) is 5.10 Å². The Morgan fingerprint density at radius 3 is 2.34 bits per heavy atom. The minimum atomic E-state index is -1.07. The van der Waals surface area contributed by atoms with E-state index in [4.69, 9.17) is 14.2 Å². The van der Waals surface area contributed by atoms with Crippen molar-refractivity contribution >= 4 is 34.6 Å². The van der Waals surface area contributed by atoms with Crippen molar-refractivity contribution in [3.63, 3.8) is 0 Å². The molecule has 2 N–H and O–H groups in total. The average Bonchev–Trinajstić information content (AvgIpc) is 3.33. The molecule has 0 atom stereocenters. The van der Waals surface area contributed by atoms with Crippen LogP contribution in [0.4, 0.5) is 0 Å². The summed E-state index contributed by atoms with van der Waals surface area (Å²) in [6.45, 7) is 3.93. The largest absolute Gasteiger partial charge is 0.497 e. The summed E-state index contributed by atoms with van der Waals surface area (Å²) in [6, 6.07) is 16.8. The third-order valence-corrected chi connectivity index (χ3v) is 5.95. The molecule has 0 aliphatic carbocycles. The van der Waals surface area contributed by atoms with Crippen LogP contribution in [0.2, 0.25) is 0 Å². The maximum atomic E-state index is 12.1. The second kappa shape index (κ2) is 10.5. The van der Waals surface area contributed by atoms with Gasteiger partial charge in [0.05, 0.1) is 20.3 Å². The summed E-state index contributed by atoms with van der Waals surface area (Å²) in [4.78, 5) is 16.6. The quantitative estimate of drug-likeness (QED) is 0.229. The Morgan fingerprint density at radius 2 is 1.71 bits per heavy atom. The summed E-state index contributed by atoms with van der Waals surface area (Å²) in [5, 5.41) is 19.0. The lowest BCUT2D eigenvalue weighted by atomic mass is 10.0. The lowest BCUT2D eigenvalue weighted by Crippen LogP contribution is -2.06. The molecule has 8 nitrogen and oxygen atoms in total. The molecule has 0 bridgehead atoms. The van der Waals surface area contributed by atoms with Crippen molar-refractivity contribution in [2.24, 2.45) is 0 Å². The van der Waals surface area contributed by atoms with E-state index in [0.717, 1.165) is 33.8 Å². The SMILES string of the molecule is COc1cc(OC)cc(-c2nc(S/C(=C\c3ccc(OC(C)C)c4ccccc34)C(=O)O)n[nH]2)c1. The van der Waals surface area contributed by atoms with Crippen molar-refractivity contribution in [1.29, 1.82) is 0 Å². The lowest BCUT2D eigenvalue weighted by molar-refractivity contribution is -0.131. The third-order valence-electron chi connectivity index (χ3n) is 5.07. The van der Waals surface area contributed by atoms with Crippen LogP contribution >= 0.6 is 11.8 Å². The summed E-state index contributed by atoms with van der Waals surface area (Å²) in [7, 11) is 3.13. The Bertz CT molecular complexity index is 1370. The number of carbonyl (C=O) groups is 1. The first-order valence-electron chi connectivity index (χ1n) is 10.8. The Balaban J connectivity index is 1.67. The normalized spacial score (nSPS) is 11.6. The maximum absolute atomic E-state index is 12.1. The van der Waals surface area contributed by atoms with Crippen LogP contribution in [0.1, 0.15) is 19.4 Å². The van der Waals surface area contributed by atoms with Crippen LogP contribution in [-0.4, -0.2) is 46.6 Å². The number of fused-ring (bicyclic) bond motifs is 1. The highest BCUT2D eigenvalue weighted by atomic mass is 32.2. The van der Waals surface area contributed by atoms with E-state index in [-0.39, 0.29) is 16.2 Å². The molecule has 1 aromatic heterocycles. The van der Waals surface area contributed by atoms with Gasteiger partial charge in [-0.2, -0.15) is 0 Å². The molecular formula is C26H25N3O5S. The molecule has 3 aromatic carbocycles. The van der Waals surface area contributed by atoms with Gasteiger partial charge in [0.15, 0.2) is 5.82 Å². The summed E-state index contributed by atoms with van der Waals surface area (Å²) in [6.07, 6.45) is 1.65. The van der Waals surface area contributed by atoms with E-state index in [1.807, 2.05) is 50.2 Å². The van der Waals surface area contributed by atoms with Gasteiger partial charge in [-0.25, -0.2) is 9.78 Å². The van der Waals surface area contributed by atoms with E-state index in [1.54, 1.807) is 38.5 Å². The van der Waals surface area contributed by atoms with Gasteiger partial charge in [0.2, 0.25) is 5.16 Å². The van der Waals surface area contributed by atoms with E-state index in [1.165, 1.54) is 0 Å². The highest BCUT2D eigenvalue weighted by molar-refractivity contribution is 8.04. The molecule has 0 spiro atoms. The first kappa shape index (κ1) is 24.2. The van der Waals surface area contributed by atoms with Gasteiger partial charge in [-0.3, -0.25) is 5.10 Å². The standard InChI is InChI=1S/C26H25N3O5S/c1-15(2)34-22-10-9-16(20-7-5-6-8-21(20)22)13-23(25(30)31)35-26-27-24(28-29-26)17-11-18(32-3)14-19(12-17)33-4/h5-15H,1-4H3,(H,30,31)(H,27,28,29)/b23-13-. The van der Waals surface area contributed by atoms with Crippen molar-refractivity contribution in [3.8, 4) is 28.6 Å². The van der Waals surface area contributed by atoms with E-state index in [2.05, 4.69) is 15.2 Å². The molecular weight excluding hydrogens is 466 g/mol. The number of methoxy groups -OCH3 is 2. The molecule has 4 rings (SSSR count). The van der Waals surface area contributed by atoms with E-state index in [0.29, 0.717) is 22.9 Å². The van der Waals surface area contributed by atoms with Gasteiger partial charge in [0.1, 0.15) is 22.2 Å². The number of benzene rings is 3. The van der Waals surface area contributed by atoms with Crippen LogP contribution in [0, 0.1) is 0 Å². The van der Waals surface area contributed by atoms with Crippen molar-refractivity contribution in [2.45, 2.75) is 25.1 Å².